The first kappa shape index (κ1) is 14.2. The van der Waals surface area contributed by atoms with Gasteiger partial charge >= 0.3 is 0 Å². The number of aliphatic hydroxyl groups excluding tert-OH is 1. The minimum absolute atomic E-state index is 0.268. The summed E-state index contributed by atoms with van der Waals surface area (Å²) in [5, 5.41) is 10.2. The lowest BCUT2D eigenvalue weighted by atomic mass is 9.95. The van der Waals surface area contributed by atoms with Gasteiger partial charge in [-0.1, -0.05) is 12.1 Å². The third-order valence-electron chi connectivity index (χ3n) is 4.60. The minimum atomic E-state index is -0.295. The zero-order chi connectivity index (χ0) is 15.0. The Labute approximate surface area is 126 Å². The van der Waals surface area contributed by atoms with Crippen molar-refractivity contribution in [3.63, 3.8) is 0 Å². The molecule has 1 aliphatic rings. The molecule has 0 aliphatic heterocycles. The van der Waals surface area contributed by atoms with Crippen LogP contribution in [0.5, 0.6) is 5.75 Å². The summed E-state index contributed by atoms with van der Waals surface area (Å²) in [4.78, 5) is 0. The van der Waals surface area contributed by atoms with E-state index in [2.05, 4.69) is 36.6 Å². The lowest BCUT2D eigenvalue weighted by Gasteiger charge is -2.24. The Kier molecular flexibility index (Phi) is 3.77. The van der Waals surface area contributed by atoms with Crippen LogP contribution in [0, 0.1) is 6.92 Å². The molecule has 1 aromatic carbocycles. The Hall–Kier alpha value is -1.74. The average Bonchev–Trinajstić information content (AvgIpc) is 2.84. The molecule has 0 radical (unpaired) electrons. The van der Waals surface area contributed by atoms with Crippen molar-refractivity contribution in [3.8, 4) is 5.75 Å². The van der Waals surface area contributed by atoms with Gasteiger partial charge in [-0.05, 0) is 56.9 Å². The molecule has 1 aliphatic carbocycles. The van der Waals surface area contributed by atoms with Gasteiger partial charge in [-0.2, -0.15) is 0 Å². The van der Waals surface area contributed by atoms with E-state index in [4.69, 9.17) is 4.74 Å². The van der Waals surface area contributed by atoms with E-state index in [0.717, 1.165) is 30.6 Å². The number of nitrogens with zero attached hydrogens (tertiary/aromatic N) is 1. The zero-order valence-corrected chi connectivity index (χ0v) is 13.0. The van der Waals surface area contributed by atoms with Gasteiger partial charge in [0.1, 0.15) is 5.75 Å². The summed E-state index contributed by atoms with van der Waals surface area (Å²) in [6, 6.07) is 10.7. The monoisotopic (exact) mass is 285 g/mol. The number of benzene rings is 1. The molecule has 0 bridgehead atoms. The summed E-state index contributed by atoms with van der Waals surface area (Å²) in [6.07, 6.45) is 2.71. The lowest BCUT2D eigenvalue weighted by Crippen LogP contribution is -2.16. The Morgan fingerprint density at radius 2 is 2.00 bits per heavy atom. The zero-order valence-electron chi connectivity index (χ0n) is 13.0. The first-order valence-electron chi connectivity index (χ1n) is 7.64. The lowest BCUT2D eigenvalue weighted by molar-refractivity contribution is 0.155. The topological polar surface area (TPSA) is 34.4 Å². The predicted octanol–water partition coefficient (Wildman–Crippen LogP) is 3.78. The summed E-state index contributed by atoms with van der Waals surface area (Å²) >= 11 is 0. The molecule has 0 saturated carbocycles. The first-order valence-corrected chi connectivity index (χ1v) is 7.64. The maximum absolute atomic E-state index is 10.2. The van der Waals surface area contributed by atoms with Crippen molar-refractivity contribution in [1.82, 2.24) is 4.57 Å². The van der Waals surface area contributed by atoms with E-state index in [9.17, 15) is 5.11 Å². The average molecular weight is 285 g/mol. The molecular weight excluding hydrogens is 262 g/mol. The third-order valence-corrected chi connectivity index (χ3v) is 4.60. The van der Waals surface area contributed by atoms with E-state index in [1.807, 2.05) is 12.1 Å². The summed E-state index contributed by atoms with van der Waals surface area (Å²) in [5.41, 5.74) is 4.91. The highest BCUT2D eigenvalue weighted by molar-refractivity contribution is 5.36. The molecule has 2 aromatic rings. The van der Waals surface area contributed by atoms with Crippen molar-refractivity contribution in [2.45, 2.75) is 45.3 Å². The van der Waals surface area contributed by atoms with Crippen molar-refractivity contribution in [1.29, 1.82) is 0 Å². The van der Waals surface area contributed by atoms with Crippen LogP contribution in [-0.2, 0) is 6.42 Å². The standard InChI is InChI=1S/C18H23NO2/c1-12-11-16-17(5-4-6-18(16)20)19(12)13(2)14-7-9-15(21-3)10-8-14/h7-11,13,18,20H,4-6H2,1-3H3. The number of methoxy groups -OCH3 is 1. The first-order chi connectivity index (χ1) is 10.1. The molecule has 2 atom stereocenters. The smallest absolute Gasteiger partial charge is 0.118 e. The second-order valence-electron chi connectivity index (χ2n) is 5.91. The van der Waals surface area contributed by atoms with E-state index in [1.54, 1.807) is 7.11 Å². The fourth-order valence-corrected chi connectivity index (χ4v) is 3.47. The minimum Gasteiger partial charge on any atom is -0.497 e. The molecule has 1 N–H and O–H groups in total. The summed E-state index contributed by atoms with van der Waals surface area (Å²) in [7, 11) is 1.69. The number of aromatic nitrogens is 1. The molecule has 2 unspecified atom stereocenters. The SMILES string of the molecule is COc1ccc(C(C)n2c(C)cc3c2CCCC3O)cc1. The van der Waals surface area contributed by atoms with Crippen LogP contribution in [0.2, 0.25) is 0 Å². The number of rotatable bonds is 3. The largest absolute Gasteiger partial charge is 0.497 e. The summed E-state index contributed by atoms with van der Waals surface area (Å²) in [6.45, 7) is 4.35. The van der Waals surface area contributed by atoms with Crippen LogP contribution in [0.4, 0.5) is 0 Å². The maximum atomic E-state index is 10.2. The van der Waals surface area contributed by atoms with Crippen molar-refractivity contribution < 1.29 is 9.84 Å². The molecule has 112 valence electrons. The van der Waals surface area contributed by atoms with Gasteiger partial charge in [0.25, 0.3) is 0 Å². The number of fused-ring (bicyclic) bond motifs is 1. The summed E-state index contributed by atoms with van der Waals surface area (Å²) in [5.74, 6) is 0.882. The van der Waals surface area contributed by atoms with Crippen LogP contribution in [0.3, 0.4) is 0 Å². The van der Waals surface area contributed by atoms with Gasteiger partial charge in [-0.15, -0.1) is 0 Å². The van der Waals surface area contributed by atoms with Crippen LogP contribution < -0.4 is 4.74 Å². The van der Waals surface area contributed by atoms with Gasteiger partial charge in [-0.3, -0.25) is 0 Å². The Morgan fingerprint density at radius 1 is 1.29 bits per heavy atom. The second kappa shape index (κ2) is 5.57. The number of hydrogen-bond donors (Lipinski definition) is 1. The van der Waals surface area contributed by atoms with Gasteiger partial charge < -0.3 is 14.4 Å². The van der Waals surface area contributed by atoms with Gasteiger partial charge in [-0.25, -0.2) is 0 Å². The molecule has 1 aromatic heterocycles. The molecule has 21 heavy (non-hydrogen) atoms. The molecular formula is C18H23NO2. The molecule has 0 saturated heterocycles. The number of ether oxygens (including phenoxy) is 1. The van der Waals surface area contributed by atoms with Gasteiger partial charge in [0, 0.05) is 17.0 Å². The van der Waals surface area contributed by atoms with Crippen LogP contribution in [0.15, 0.2) is 30.3 Å². The van der Waals surface area contributed by atoms with Crippen molar-refractivity contribution in [3.05, 3.63) is 52.8 Å². The van der Waals surface area contributed by atoms with E-state index in [1.165, 1.54) is 17.0 Å². The van der Waals surface area contributed by atoms with Crippen LogP contribution >= 0.6 is 0 Å². The Morgan fingerprint density at radius 3 is 2.67 bits per heavy atom. The fourth-order valence-electron chi connectivity index (χ4n) is 3.47. The van der Waals surface area contributed by atoms with E-state index < -0.39 is 0 Å². The van der Waals surface area contributed by atoms with Gasteiger partial charge in [0.15, 0.2) is 0 Å². The number of aliphatic hydroxyl groups is 1. The molecule has 1 heterocycles. The fraction of sp³-hybridized carbons (Fsp3) is 0.444. The molecule has 3 heteroatoms. The van der Waals surface area contributed by atoms with Crippen molar-refractivity contribution in [2.24, 2.45) is 0 Å². The van der Waals surface area contributed by atoms with E-state index in [-0.39, 0.29) is 12.1 Å². The maximum Gasteiger partial charge on any atom is 0.118 e. The van der Waals surface area contributed by atoms with Crippen molar-refractivity contribution >= 4 is 0 Å². The molecule has 3 nitrogen and oxygen atoms in total. The molecule has 0 amide bonds. The Balaban J connectivity index is 1.99. The normalized spacial score (nSPS) is 19.1. The third kappa shape index (κ3) is 2.46. The summed E-state index contributed by atoms with van der Waals surface area (Å²) < 4.78 is 7.60. The number of hydrogen-bond acceptors (Lipinski definition) is 2. The van der Waals surface area contributed by atoms with E-state index >= 15 is 0 Å². The van der Waals surface area contributed by atoms with E-state index in [0.29, 0.717) is 0 Å². The quantitative estimate of drug-likeness (QED) is 0.931. The predicted molar refractivity (Wildman–Crippen MR) is 83.9 cm³/mol. The number of aryl methyl sites for hydroxylation is 1. The molecule has 0 fully saturated rings. The van der Waals surface area contributed by atoms with Gasteiger partial charge in [0.2, 0.25) is 0 Å². The van der Waals surface area contributed by atoms with Gasteiger partial charge in [0.05, 0.1) is 19.3 Å². The highest BCUT2D eigenvalue weighted by Gasteiger charge is 2.25. The molecule has 3 rings (SSSR count). The van der Waals surface area contributed by atoms with Crippen LogP contribution in [-0.4, -0.2) is 16.8 Å². The highest BCUT2D eigenvalue weighted by atomic mass is 16.5. The van der Waals surface area contributed by atoms with Crippen LogP contribution in [0.1, 0.15) is 54.4 Å². The second-order valence-corrected chi connectivity index (χ2v) is 5.91. The highest BCUT2D eigenvalue weighted by Crippen LogP contribution is 2.35. The molecule has 0 spiro atoms. The van der Waals surface area contributed by atoms with Crippen LogP contribution in [0.25, 0.3) is 0 Å². The van der Waals surface area contributed by atoms with Crippen molar-refractivity contribution in [2.75, 3.05) is 7.11 Å². The Bertz CT molecular complexity index is 627.